The number of rotatable bonds is 7. The summed E-state index contributed by atoms with van der Waals surface area (Å²) in [7, 11) is -3.34. The second-order valence-electron chi connectivity index (χ2n) is 7.49. The Labute approximate surface area is 161 Å². The molecule has 9 heteroatoms. The van der Waals surface area contributed by atoms with Crippen molar-refractivity contribution in [2.75, 3.05) is 19.3 Å². The molecule has 27 heavy (non-hydrogen) atoms. The van der Waals surface area contributed by atoms with Crippen molar-refractivity contribution < 1.29 is 12.8 Å². The Hall–Kier alpha value is -1.71. The summed E-state index contributed by atoms with van der Waals surface area (Å²) in [5, 5.41) is 8.65. The molecule has 1 atom stereocenters. The van der Waals surface area contributed by atoms with E-state index in [0.717, 1.165) is 56.4 Å². The lowest BCUT2D eigenvalue weighted by Gasteiger charge is -2.22. The van der Waals surface area contributed by atoms with E-state index < -0.39 is 10.0 Å². The van der Waals surface area contributed by atoms with Crippen LogP contribution < -0.4 is 4.72 Å². The van der Waals surface area contributed by atoms with Crippen LogP contribution in [0.25, 0.3) is 0 Å². The standard InChI is InChI=1S/C18H29N5O3S/c1-5-14-6-7-15(26-14)12-22-9-8-16-19-20-18(23(16)11-10-22)17(13(2)3)21-27(4,24)25/h6-7,13,17,21H,5,8-12H2,1-4H3/t17-/m1/s1. The third-order valence-corrected chi connectivity index (χ3v) is 5.56. The van der Waals surface area contributed by atoms with Crippen LogP contribution in [0.2, 0.25) is 0 Å². The fourth-order valence-corrected chi connectivity index (χ4v) is 4.25. The predicted octanol–water partition coefficient (Wildman–Crippen LogP) is 1.74. The van der Waals surface area contributed by atoms with Gasteiger partial charge in [-0.25, -0.2) is 13.1 Å². The Balaban J connectivity index is 1.74. The van der Waals surface area contributed by atoms with E-state index in [0.29, 0.717) is 5.82 Å². The first-order valence-electron chi connectivity index (χ1n) is 9.46. The van der Waals surface area contributed by atoms with Gasteiger partial charge in [-0.2, -0.15) is 0 Å². The summed E-state index contributed by atoms with van der Waals surface area (Å²) < 4.78 is 34.2. The highest BCUT2D eigenvalue weighted by molar-refractivity contribution is 7.88. The van der Waals surface area contributed by atoms with Crippen molar-refractivity contribution in [3.8, 4) is 0 Å². The molecule has 8 nitrogen and oxygen atoms in total. The zero-order valence-corrected chi connectivity index (χ0v) is 17.3. The molecule has 0 aromatic carbocycles. The van der Waals surface area contributed by atoms with Gasteiger partial charge < -0.3 is 8.98 Å². The van der Waals surface area contributed by atoms with Gasteiger partial charge in [0.05, 0.1) is 18.8 Å². The number of nitrogens with zero attached hydrogens (tertiary/aromatic N) is 4. The van der Waals surface area contributed by atoms with Crippen molar-refractivity contribution in [2.45, 2.75) is 52.7 Å². The first-order chi connectivity index (χ1) is 12.8. The lowest BCUT2D eigenvalue weighted by molar-refractivity contribution is 0.244. The highest BCUT2D eigenvalue weighted by Gasteiger charge is 2.28. The second-order valence-corrected chi connectivity index (χ2v) is 9.27. The monoisotopic (exact) mass is 395 g/mol. The van der Waals surface area contributed by atoms with Crippen molar-refractivity contribution in [3.05, 3.63) is 35.3 Å². The quantitative estimate of drug-likeness (QED) is 0.768. The lowest BCUT2D eigenvalue weighted by atomic mass is 10.1. The summed E-state index contributed by atoms with van der Waals surface area (Å²) in [5.41, 5.74) is 0. The molecule has 150 valence electrons. The summed E-state index contributed by atoms with van der Waals surface area (Å²) in [6.45, 7) is 9.25. The Morgan fingerprint density at radius 1 is 1.19 bits per heavy atom. The SMILES string of the molecule is CCc1ccc(CN2CCc3nnc([C@H](NS(C)(=O)=O)C(C)C)n3CC2)o1. The Bertz CT molecular complexity index is 871. The van der Waals surface area contributed by atoms with E-state index in [4.69, 9.17) is 4.42 Å². The largest absolute Gasteiger partial charge is 0.465 e. The molecule has 0 bridgehead atoms. The van der Waals surface area contributed by atoms with Crippen molar-refractivity contribution in [2.24, 2.45) is 5.92 Å². The fourth-order valence-electron chi connectivity index (χ4n) is 3.41. The number of nitrogens with one attached hydrogen (secondary N) is 1. The van der Waals surface area contributed by atoms with Crippen LogP contribution in [0.3, 0.4) is 0 Å². The van der Waals surface area contributed by atoms with Gasteiger partial charge in [0.1, 0.15) is 17.3 Å². The van der Waals surface area contributed by atoms with Gasteiger partial charge >= 0.3 is 0 Å². The van der Waals surface area contributed by atoms with Crippen LogP contribution in [0.15, 0.2) is 16.5 Å². The molecule has 1 aliphatic rings. The maximum absolute atomic E-state index is 11.8. The van der Waals surface area contributed by atoms with E-state index >= 15 is 0 Å². The Morgan fingerprint density at radius 3 is 2.56 bits per heavy atom. The molecular weight excluding hydrogens is 366 g/mol. The van der Waals surface area contributed by atoms with Gasteiger partial charge in [0, 0.05) is 32.5 Å². The summed E-state index contributed by atoms with van der Waals surface area (Å²) in [6, 6.07) is 3.69. The Morgan fingerprint density at radius 2 is 1.93 bits per heavy atom. The van der Waals surface area contributed by atoms with Crippen molar-refractivity contribution in [1.29, 1.82) is 0 Å². The number of sulfonamides is 1. The van der Waals surface area contributed by atoms with Crippen molar-refractivity contribution in [1.82, 2.24) is 24.4 Å². The number of hydrogen-bond acceptors (Lipinski definition) is 6. The first kappa shape index (κ1) is 20.0. The minimum absolute atomic E-state index is 0.0722. The van der Waals surface area contributed by atoms with E-state index in [1.165, 1.54) is 6.26 Å². The fraction of sp³-hybridized carbons (Fsp3) is 0.667. The van der Waals surface area contributed by atoms with Crippen LogP contribution in [0.1, 0.15) is 50.0 Å². The molecule has 0 radical (unpaired) electrons. The molecule has 0 amide bonds. The molecule has 3 rings (SSSR count). The molecule has 1 aliphatic heterocycles. The van der Waals surface area contributed by atoms with Gasteiger partial charge in [-0.1, -0.05) is 20.8 Å². The van der Waals surface area contributed by atoms with Gasteiger partial charge in [0.25, 0.3) is 0 Å². The van der Waals surface area contributed by atoms with E-state index in [2.05, 4.69) is 31.3 Å². The minimum atomic E-state index is -3.34. The van der Waals surface area contributed by atoms with Gasteiger partial charge in [0.15, 0.2) is 5.82 Å². The van der Waals surface area contributed by atoms with Crippen LogP contribution in [0.5, 0.6) is 0 Å². The first-order valence-corrected chi connectivity index (χ1v) is 11.3. The second kappa shape index (κ2) is 8.12. The van der Waals surface area contributed by atoms with E-state index in [-0.39, 0.29) is 12.0 Å². The van der Waals surface area contributed by atoms with Crippen LogP contribution in [0, 0.1) is 5.92 Å². The maximum atomic E-state index is 11.8. The summed E-state index contributed by atoms with van der Waals surface area (Å²) in [5.74, 6) is 3.65. The van der Waals surface area contributed by atoms with Crippen molar-refractivity contribution in [3.63, 3.8) is 0 Å². The highest BCUT2D eigenvalue weighted by Crippen LogP contribution is 2.23. The molecule has 0 unspecified atom stereocenters. The van der Waals surface area contributed by atoms with Gasteiger partial charge in [-0.3, -0.25) is 4.90 Å². The predicted molar refractivity (Wildman–Crippen MR) is 103 cm³/mol. The molecule has 3 heterocycles. The van der Waals surface area contributed by atoms with Crippen molar-refractivity contribution >= 4 is 10.0 Å². The third kappa shape index (κ3) is 4.97. The normalized spacial score (nSPS) is 17.1. The third-order valence-electron chi connectivity index (χ3n) is 4.88. The highest BCUT2D eigenvalue weighted by atomic mass is 32.2. The van der Waals surface area contributed by atoms with E-state index in [1.807, 2.05) is 26.0 Å². The summed E-state index contributed by atoms with van der Waals surface area (Å²) in [6.07, 6.45) is 2.85. The van der Waals surface area contributed by atoms with Crippen LogP contribution in [-0.2, 0) is 36.0 Å². The molecule has 0 aliphatic carbocycles. The zero-order valence-electron chi connectivity index (χ0n) is 16.5. The number of aryl methyl sites for hydroxylation is 1. The number of aromatic nitrogens is 3. The Kier molecular flexibility index (Phi) is 6.02. The van der Waals surface area contributed by atoms with Crippen LogP contribution in [0.4, 0.5) is 0 Å². The molecule has 1 N–H and O–H groups in total. The molecule has 0 fully saturated rings. The zero-order chi connectivity index (χ0) is 19.6. The van der Waals surface area contributed by atoms with E-state index in [9.17, 15) is 8.42 Å². The number of fused-ring (bicyclic) bond motifs is 1. The average molecular weight is 396 g/mol. The summed E-state index contributed by atoms with van der Waals surface area (Å²) in [4.78, 5) is 2.34. The lowest BCUT2D eigenvalue weighted by Crippen LogP contribution is -2.33. The van der Waals surface area contributed by atoms with Gasteiger partial charge in [0.2, 0.25) is 10.0 Å². The molecule has 2 aromatic rings. The molecular formula is C18H29N5O3S. The molecule has 0 spiro atoms. The molecule has 2 aromatic heterocycles. The average Bonchev–Trinajstić information content (AvgIpc) is 3.15. The van der Waals surface area contributed by atoms with Gasteiger partial charge in [-0.05, 0) is 18.1 Å². The smallest absolute Gasteiger partial charge is 0.209 e. The van der Waals surface area contributed by atoms with Crippen LogP contribution in [-0.4, -0.2) is 47.4 Å². The van der Waals surface area contributed by atoms with E-state index in [1.54, 1.807) is 0 Å². The van der Waals surface area contributed by atoms with Gasteiger partial charge in [-0.15, -0.1) is 10.2 Å². The molecule has 0 saturated heterocycles. The van der Waals surface area contributed by atoms with Crippen LogP contribution >= 0.6 is 0 Å². The molecule has 0 saturated carbocycles. The topological polar surface area (TPSA) is 93.3 Å². The minimum Gasteiger partial charge on any atom is -0.465 e. The maximum Gasteiger partial charge on any atom is 0.209 e. The number of hydrogen-bond donors (Lipinski definition) is 1. The summed E-state index contributed by atoms with van der Waals surface area (Å²) >= 11 is 0. The number of furan rings is 1.